The van der Waals surface area contributed by atoms with E-state index in [2.05, 4.69) is 4.98 Å². The lowest BCUT2D eigenvalue weighted by Gasteiger charge is -2.19. The van der Waals surface area contributed by atoms with Gasteiger partial charge in [0.1, 0.15) is 11.5 Å². The number of aromatic amines is 1. The maximum Gasteiger partial charge on any atom is 0.266 e. The van der Waals surface area contributed by atoms with Gasteiger partial charge in [0.2, 0.25) is 15.9 Å². The second-order valence-electron chi connectivity index (χ2n) is 10.3. The predicted octanol–water partition coefficient (Wildman–Crippen LogP) is 5.12. The number of H-pyrrole nitrogens is 1. The Labute approximate surface area is 255 Å². The van der Waals surface area contributed by atoms with E-state index in [1.807, 2.05) is 32.9 Å². The molecule has 2 aromatic heterocycles. The van der Waals surface area contributed by atoms with Crippen LogP contribution in [0, 0.1) is 6.92 Å². The molecule has 0 aliphatic heterocycles. The molecule has 0 aliphatic rings. The molecule has 44 heavy (non-hydrogen) atoms. The summed E-state index contributed by atoms with van der Waals surface area (Å²) in [6.07, 6.45) is 3.40. The summed E-state index contributed by atoms with van der Waals surface area (Å²) in [6.45, 7) is 6.33. The Morgan fingerprint density at radius 2 is 1.70 bits per heavy atom. The largest absolute Gasteiger partial charge is 0.496 e. The molecule has 230 valence electrons. The highest BCUT2D eigenvalue weighted by Crippen LogP contribution is 2.41. The molecule has 0 fully saturated rings. The number of sulfonamides is 1. The molecule has 0 aliphatic carbocycles. The second kappa shape index (κ2) is 12.5. The standard InChI is InChI=1S/C33H35N3O7S/c1-6-42-31-24-12-10-16-34-30(24)32(43-7-2)25-19-36(33(38)29(25)31)26-15-14-22(17-21(26)3)20-44(39,40)35(4)28(37)18-23-11-8-9-13-27(23)41-5/h8-17,19,34H,6-7,18,20H2,1-5H3. The Kier molecular flexibility index (Phi) is 8.68. The quantitative estimate of drug-likeness (QED) is 0.219. The molecule has 3 aromatic carbocycles. The van der Waals surface area contributed by atoms with Crippen LogP contribution in [-0.4, -0.2) is 55.6 Å². The third kappa shape index (κ3) is 5.62. The maximum atomic E-state index is 13.9. The third-order valence-corrected chi connectivity index (χ3v) is 9.25. The van der Waals surface area contributed by atoms with Crippen LogP contribution in [0.15, 0.2) is 71.8 Å². The maximum absolute atomic E-state index is 13.9. The summed E-state index contributed by atoms with van der Waals surface area (Å²) in [4.78, 5) is 30.1. The smallest absolute Gasteiger partial charge is 0.266 e. The minimum atomic E-state index is -3.98. The van der Waals surface area contributed by atoms with Gasteiger partial charge in [0, 0.05) is 30.4 Å². The number of fused-ring (bicyclic) bond motifs is 2. The number of aromatic nitrogens is 2. The molecule has 0 saturated heterocycles. The first-order valence-electron chi connectivity index (χ1n) is 14.3. The highest BCUT2D eigenvalue weighted by atomic mass is 32.2. The summed E-state index contributed by atoms with van der Waals surface area (Å²) >= 11 is 0. The summed E-state index contributed by atoms with van der Waals surface area (Å²) in [5.74, 6) is 0.588. The Balaban J connectivity index is 1.49. The van der Waals surface area contributed by atoms with Crippen molar-refractivity contribution in [1.82, 2.24) is 13.9 Å². The van der Waals surface area contributed by atoms with Gasteiger partial charge in [-0.1, -0.05) is 30.3 Å². The van der Waals surface area contributed by atoms with Crippen LogP contribution in [0.5, 0.6) is 17.2 Å². The van der Waals surface area contributed by atoms with Gasteiger partial charge in [0.15, 0.2) is 5.75 Å². The van der Waals surface area contributed by atoms with E-state index in [9.17, 15) is 18.0 Å². The number of benzene rings is 3. The average Bonchev–Trinajstić information content (AvgIpc) is 3.34. The van der Waals surface area contributed by atoms with Crippen LogP contribution in [0.1, 0.15) is 30.5 Å². The van der Waals surface area contributed by atoms with Gasteiger partial charge in [0.05, 0.1) is 54.5 Å². The van der Waals surface area contributed by atoms with Crippen LogP contribution >= 0.6 is 0 Å². The topological polar surface area (TPSA) is 120 Å². The number of carbonyl (C=O) groups is 1. The van der Waals surface area contributed by atoms with Crippen LogP contribution in [0.3, 0.4) is 0 Å². The van der Waals surface area contributed by atoms with E-state index in [0.29, 0.717) is 63.6 Å². The zero-order valence-corrected chi connectivity index (χ0v) is 26.2. The Morgan fingerprint density at radius 3 is 2.41 bits per heavy atom. The molecular weight excluding hydrogens is 582 g/mol. The van der Waals surface area contributed by atoms with E-state index >= 15 is 0 Å². The van der Waals surface area contributed by atoms with Gasteiger partial charge in [-0.25, -0.2) is 12.7 Å². The Hall–Kier alpha value is -4.77. The molecule has 0 radical (unpaired) electrons. The van der Waals surface area contributed by atoms with Crippen LogP contribution in [-0.2, 0) is 27.0 Å². The second-order valence-corrected chi connectivity index (χ2v) is 12.3. The summed E-state index contributed by atoms with van der Waals surface area (Å²) in [7, 11) is -1.22. The average molecular weight is 618 g/mol. The molecule has 5 aromatic rings. The fourth-order valence-corrected chi connectivity index (χ4v) is 6.56. The van der Waals surface area contributed by atoms with E-state index in [-0.39, 0.29) is 17.7 Å². The first-order valence-corrected chi connectivity index (χ1v) is 15.9. The molecule has 0 bridgehead atoms. The van der Waals surface area contributed by atoms with Crippen molar-refractivity contribution in [3.8, 4) is 22.9 Å². The fraction of sp³-hybridized carbons (Fsp3) is 0.273. The zero-order valence-electron chi connectivity index (χ0n) is 25.3. The normalized spacial score (nSPS) is 11.6. The highest BCUT2D eigenvalue weighted by Gasteiger charge is 2.26. The van der Waals surface area contributed by atoms with Crippen molar-refractivity contribution in [3.63, 3.8) is 0 Å². The van der Waals surface area contributed by atoms with E-state index in [0.717, 1.165) is 15.2 Å². The lowest BCUT2D eigenvalue weighted by molar-refractivity contribution is -0.124. The van der Waals surface area contributed by atoms with Crippen molar-refractivity contribution >= 4 is 37.6 Å². The SMILES string of the molecule is CCOc1c2cn(-c3ccc(CS(=O)(=O)N(C)C(=O)Cc4ccccc4OC)cc3C)c(=O)c2c(OCC)c2ccc[nH]c12. The van der Waals surface area contributed by atoms with Crippen molar-refractivity contribution in [2.45, 2.75) is 32.9 Å². The fourth-order valence-electron chi connectivity index (χ4n) is 5.39. The summed E-state index contributed by atoms with van der Waals surface area (Å²) in [5, 5.41) is 1.75. The molecular formula is C33H35N3O7S. The van der Waals surface area contributed by atoms with Crippen LogP contribution in [0.2, 0.25) is 0 Å². The molecule has 10 nitrogen and oxygen atoms in total. The molecule has 11 heteroatoms. The summed E-state index contributed by atoms with van der Waals surface area (Å²) in [6, 6.07) is 15.8. The van der Waals surface area contributed by atoms with Gasteiger partial charge in [-0.3, -0.25) is 14.2 Å². The van der Waals surface area contributed by atoms with Crippen molar-refractivity contribution in [3.05, 3.63) is 94.0 Å². The number of nitrogens with zero attached hydrogens (tertiary/aromatic N) is 2. The number of pyridine rings is 1. The van der Waals surface area contributed by atoms with Crippen LogP contribution < -0.4 is 19.8 Å². The zero-order chi connectivity index (χ0) is 31.6. The van der Waals surface area contributed by atoms with E-state index in [4.69, 9.17) is 14.2 Å². The Morgan fingerprint density at radius 1 is 0.977 bits per heavy atom. The minimum absolute atomic E-state index is 0.120. The molecule has 1 N–H and O–H groups in total. The van der Waals surface area contributed by atoms with Gasteiger partial charge in [-0.2, -0.15) is 0 Å². The predicted molar refractivity (Wildman–Crippen MR) is 171 cm³/mol. The molecule has 5 rings (SSSR count). The summed E-state index contributed by atoms with van der Waals surface area (Å²) < 4.78 is 46.1. The molecule has 0 saturated carbocycles. The third-order valence-electron chi connectivity index (χ3n) is 7.51. The van der Waals surface area contributed by atoms with Gasteiger partial charge >= 0.3 is 0 Å². The van der Waals surface area contributed by atoms with Crippen molar-refractivity contribution in [2.75, 3.05) is 27.4 Å². The van der Waals surface area contributed by atoms with E-state index < -0.39 is 15.9 Å². The number of para-hydroxylation sites is 1. The first-order chi connectivity index (χ1) is 21.1. The number of ether oxygens (including phenoxy) is 3. The van der Waals surface area contributed by atoms with Crippen molar-refractivity contribution in [2.24, 2.45) is 0 Å². The summed E-state index contributed by atoms with van der Waals surface area (Å²) in [5.41, 5.74) is 2.80. The Bertz CT molecular complexity index is 2030. The molecule has 2 heterocycles. The number of aryl methyl sites for hydroxylation is 1. The number of rotatable bonds is 11. The minimum Gasteiger partial charge on any atom is -0.496 e. The number of carbonyl (C=O) groups excluding carboxylic acids is 1. The van der Waals surface area contributed by atoms with Crippen molar-refractivity contribution in [1.29, 1.82) is 0 Å². The number of amides is 1. The van der Waals surface area contributed by atoms with E-state index in [1.54, 1.807) is 54.9 Å². The number of methoxy groups -OCH3 is 1. The first kappa shape index (κ1) is 30.7. The molecule has 0 spiro atoms. The molecule has 0 atom stereocenters. The highest BCUT2D eigenvalue weighted by molar-refractivity contribution is 7.88. The van der Waals surface area contributed by atoms with E-state index in [1.165, 1.54) is 18.7 Å². The number of hydrogen-bond donors (Lipinski definition) is 1. The number of hydrogen-bond acceptors (Lipinski definition) is 7. The lowest BCUT2D eigenvalue weighted by Crippen LogP contribution is -2.35. The molecule has 0 unspecified atom stereocenters. The monoisotopic (exact) mass is 617 g/mol. The van der Waals surface area contributed by atoms with Crippen LogP contribution in [0.4, 0.5) is 0 Å². The number of nitrogens with one attached hydrogen (secondary N) is 1. The van der Waals surface area contributed by atoms with Crippen molar-refractivity contribution < 1.29 is 27.4 Å². The lowest BCUT2D eigenvalue weighted by atomic mass is 10.1. The number of likely N-dealkylation sites (N-methyl/N-ethyl adjacent to an activating group) is 1. The van der Waals surface area contributed by atoms with Crippen LogP contribution in [0.25, 0.3) is 27.4 Å². The van der Waals surface area contributed by atoms with Gasteiger partial charge < -0.3 is 19.2 Å². The van der Waals surface area contributed by atoms with Gasteiger partial charge in [0.25, 0.3) is 5.56 Å². The molecule has 1 amide bonds. The van der Waals surface area contributed by atoms with Gasteiger partial charge in [-0.05, 0) is 56.2 Å². The van der Waals surface area contributed by atoms with Gasteiger partial charge in [-0.15, -0.1) is 0 Å².